The highest BCUT2D eigenvalue weighted by Crippen LogP contribution is 2.23. The Hall–Kier alpha value is -1.67. The molecule has 0 bridgehead atoms. The van der Waals surface area contributed by atoms with E-state index in [9.17, 15) is 0 Å². The zero-order valence-electron chi connectivity index (χ0n) is 11.0. The van der Waals surface area contributed by atoms with E-state index in [-0.39, 0.29) is 6.04 Å². The molecule has 2 unspecified atom stereocenters. The molecule has 94 valence electrons. The lowest BCUT2D eigenvalue weighted by Crippen LogP contribution is -2.12. The second-order valence-corrected chi connectivity index (χ2v) is 4.74. The highest BCUT2D eigenvalue weighted by Gasteiger charge is 2.09. The third-order valence-corrected chi connectivity index (χ3v) is 3.52. The number of rotatable bonds is 4. The molecule has 2 rings (SSSR count). The third kappa shape index (κ3) is 2.77. The summed E-state index contributed by atoms with van der Waals surface area (Å²) in [5, 5.41) is 0. The molecule has 18 heavy (non-hydrogen) atoms. The Kier molecular flexibility index (Phi) is 4.11. The second-order valence-electron chi connectivity index (χ2n) is 4.74. The molecular formula is C16H20N2. The molecule has 0 saturated heterocycles. The first-order chi connectivity index (χ1) is 8.72. The molecule has 2 nitrogen and oxygen atoms in total. The van der Waals surface area contributed by atoms with Gasteiger partial charge in [0.15, 0.2) is 0 Å². The fraction of sp³-hybridized carbons (Fsp3) is 0.312. The van der Waals surface area contributed by atoms with Crippen molar-refractivity contribution in [2.24, 2.45) is 5.73 Å². The van der Waals surface area contributed by atoms with Crippen molar-refractivity contribution in [3.05, 3.63) is 65.5 Å². The van der Waals surface area contributed by atoms with Gasteiger partial charge in [-0.05, 0) is 35.1 Å². The van der Waals surface area contributed by atoms with Gasteiger partial charge < -0.3 is 5.73 Å². The van der Waals surface area contributed by atoms with Gasteiger partial charge >= 0.3 is 0 Å². The van der Waals surface area contributed by atoms with Crippen molar-refractivity contribution >= 4 is 0 Å². The van der Waals surface area contributed by atoms with Crippen LogP contribution in [0.4, 0.5) is 0 Å². The largest absolute Gasteiger partial charge is 0.320 e. The topological polar surface area (TPSA) is 38.9 Å². The van der Waals surface area contributed by atoms with Crippen LogP contribution in [0.25, 0.3) is 0 Å². The smallest absolute Gasteiger partial charge is 0.0566 e. The van der Waals surface area contributed by atoms with E-state index >= 15 is 0 Å². The molecule has 2 heteroatoms. The molecule has 0 aliphatic carbocycles. The van der Waals surface area contributed by atoms with Gasteiger partial charge in [-0.15, -0.1) is 0 Å². The maximum Gasteiger partial charge on any atom is 0.0566 e. The Morgan fingerprint density at radius 3 is 2.28 bits per heavy atom. The molecule has 0 amide bonds. The van der Waals surface area contributed by atoms with Gasteiger partial charge in [-0.3, -0.25) is 4.98 Å². The van der Waals surface area contributed by atoms with Crippen LogP contribution >= 0.6 is 0 Å². The van der Waals surface area contributed by atoms with Crippen molar-refractivity contribution in [2.75, 3.05) is 0 Å². The first-order valence-corrected chi connectivity index (χ1v) is 6.47. The summed E-state index contributed by atoms with van der Waals surface area (Å²) in [5.41, 5.74) is 9.79. The summed E-state index contributed by atoms with van der Waals surface area (Å²) in [5.74, 6) is 0.605. The first-order valence-electron chi connectivity index (χ1n) is 6.47. The van der Waals surface area contributed by atoms with Gasteiger partial charge in [0, 0.05) is 12.4 Å². The summed E-state index contributed by atoms with van der Waals surface area (Å²) in [4.78, 5) is 4.11. The molecule has 2 aromatic rings. The Morgan fingerprint density at radius 2 is 1.72 bits per heavy atom. The molecule has 1 aromatic carbocycles. The molecule has 1 heterocycles. The van der Waals surface area contributed by atoms with Gasteiger partial charge in [0.05, 0.1) is 6.04 Å². The molecule has 0 aliphatic heterocycles. The second kappa shape index (κ2) is 5.78. The number of benzene rings is 1. The molecule has 0 spiro atoms. The number of aromatic nitrogens is 1. The van der Waals surface area contributed by atoms with E-state index in [0.717, 1.165) is 17.5 Å². The van der Waals surface area contributed by atoms with Crippen molar-refractivity contribution in [1.29, 1.82) is 0 Å². The predicted molar refractivity (Wildman–Crippen MR) is 75.4 cm³/mol. The average Bonchev–Trinajstić information content (AvgIpc) is 2.47. The highest BCUT2D eigenvalue weighted by molar-refractivity contribution is 5.32. The SMILES string of the molecule is CCC(C)c1ccc(C(N)c2cccnc2)cc1. The average molecular weight is 240 g/mol. The minimum Gasteiger partial charge on any atom is -0.320 e. The molecule has 0 aliphatic rings. The summed E-state index contributed by atoms with van der Waals surface area (Å²) in [6.07, 6.45) is 4.75. The van der Waals surface area contributed by atoms with Crippen LogP contribution in [0.5, 0.6) is 0 Å². The van der Waals surface area contributed by atoms with Crippen LogP contribution < -0.4 is 5.73 Å². The molecule has 1 aromatic heterocycles. The number of nitrogens with two attached hydrogens (primary N) is 1. The summed E-state index contributed by atoms with van der Waals surface area (Å²) >= 11 is 0. The third-order valence-electron chi connectivity index (χ3n) is 3.52. The quantitative estimate of drug-likeness (QED) is 0.886. The van der Waals surface area contributed by atoms with E-state index in [4.69, 9.17) is 5.73 Å². The van der Waals surface area contributed by atoms with E-state index in [1.807, 2.05) is 18.3 Å². The van der Waals surface area contributed by atoms with Crippen molar-refractivity contribution < 1.29 is 0 Å². The van der Waals surface area contributed by atoms with Gasteiger partial charge in [0.25, 0.3) is 0 Å². The molecule has 0 radical (unpaired) electrons. The number of nitrogens with zero attached hydrogens (tertiary/aromatic N) is 1. The van der Waals surface area contributed by atoms with E-state index in [1.54, 1.807) is 6.20 Å². The van der Waals surface area contributed by atoms with Crippen molar-refractivity contribution in [3.8, 4) is 0 Å². The molecule has 0 saturated carbocycles. The maximum atomic E-state index is 6.23. The number of hydrogen-bond donors (Lipinski definition) is 1. The van der Waals surface area contributed by atoms with Crippen molar-refractivity contribution in [2.45, 2.75) is 32.2 Å². The van der Waals surface area contributed by atoms with Gasteiger partial charge in [-0.25, -0.2) is 0 Å². The summed E-state index contributed by atoms with van der Waals surface area (Å²) in [6.45, 7) is 4.45. The Bertz CT molecular complexity index is 476. The van der Waals surface area contributed by atoms with E-state index in [2.05, 4.69) is 43.1 Å². The van der Waals surface area contributed by atoms with Gasteiger partial charge in [-0.1, -0.05) is 44.2 Å². The van der Waals surface area contributed by atoms with Crippen LogP contribution in [-0.4, -0.2) is 4.98 Å². The Labute approximate surface area is 109 Å². The minimum atomic E-state index is -0.0929. The molecular weight excluding hydrogens is 220 g/mol. The van der Waals surface area contributed by atoms with E-state index in [1.165, 1.54) is 5.56 Å². The summed E-state index contributed by atoms with van der Waals surface area (Å²) in [6, 6.07) is 12.4. The molecule has 2 atom stereocenters. The predicted octanol–water partition coefficient (Wildman–Crippen LogP) is 3.64. The van der Waals surface area contributed by atoms with Gasteiger partial charge in [-0.2, -0.15) is 0 Å². The lowest BCUT2D eigenvalue weighted by Gasteiger charge is -2.14. The maximum absolute atomic E-state index is 6.23. The van der Waals surface area contributed by atoms with Crippen molar-refractivity contribution in [3.63, 3.8) is 0 Å². The van der Waals surface area contributed by atoms with Gasteiger partial charge in [0.2, 0.25) is 0 Å². The zero-order valence-corrected chi connectivity index (χ0v) is 11.0. The number of pyridine rings is 1. The Morgan fingerprint density at radius 1 is 1.06 bits per heavy atom. The van der Waals surface area contributed by atoms with Crippen LogP contribution in [0.3, 0.4) is 0 Å². The lowest BCUT2D eigenvalue weighted by molar-refractivity contribution is 0.732. The van der Waals surface area contributed by atoms with Gasteiger partial charge in [0.1, 0.15) is 0 Å². The highest BCUT2D eigenvalue weighted by atomic mass is 14.7. The van der Waals surface area contributed by atoms with Crippen LogP contribution in [-0.2, 0) is 0 Å². The lowest BCUT2D eigenvalue weighted by atomic mass is 9.94. The summed E-state index contributed by atoms with van der Waals surface area (Å²) in [7, 11) is 0. The zero-order chi connectivity index (χ0) is 13.0. The molecule has 2 N–H and O–H groups in total. The minimum absolute atomic E-state index is 0.0929. The first kappa shape index (κ1) is 12.8. The molecule has 0 fully saturated rings. The fourth-order valence-electron chi connectivity index (χ4n) is 2.02. The monoisotopic (exact) mass is 240 g/mol. The van der Waals surface area contributed by atoms with Crippen LogP contribution in [0.15, 0.2) is 48.8 Å². The van der Waals surface area contributed by atoms with E-state index in [0.29, 0.717) is 5.92 Å². The van der Waals surface area contributed by atoms with Crippen LogP contribution in [0.2, 0.25) is 0 Å². The van der Waals surface area contributed by atoms with Crippen LogP contribution in [0.1, 0.15) is 48.9 Å². The van der Waals surface area contributed by atoms with Crippen LogP contribution in [0, 0.1) is 0 Å². The standard InChI is InChI=1S/C16H20N2/c1-3-12(2)13-6-8-14(9-7-13)16(17)15-5-4-10-18-11-15/h4-12,16H,3,17H2,1-2H3. The van der Waals surface area contributed by atoms with E-state index < -0.39 is 0 Å². The normalized spacial score (nSPS) is 14.2. The number of hydrogen-bond acceptors (Lipinski definition) is 2. The summed E-state index contributed by atoms with van der Waals surface area (Å²) < 4.78 is 0. The fourth-order valence-corrected chi connectivity index (χ4v) is 2.02. The Balaban J connectivity index is 2.19. The van der Waals surface area contributed by atoms with Crippen molar-refractivity contribution in [1.82, 2.24) is 4.98 Å².